The van der Waals surface area contributed by atoms with E-state index in [9.17, 15) is 9.59 Å². The molecule has 0 aliphatic heterocycles. The van der Waals surface area contributed by atoms with Gasteiger partial charge in [0.25, 0.3) is 0 Å². The molecule has 0 bridgehead atoms. The molecule has 0 amide bonds. The number of allylic oxidation sites excluding steroid dienone is 1. The van der Waals surface area contributed by atoms with Crippen molar-refractivity contribution in [3.05, 3.63) is 34.8 Å². The fraction of sp³-hybridized carbons (Fsp3) is 0.636. The van der Waals surface area contributed by atoms with E-state index in [0.29, 0.717) is 17.9 Å². The average molecular weight is 374 g/mol. The van der Waals surface area contributed by atoms with Gasteiger partial charge >= 0.3 is 11.9 Å². The van der Waals surface area contributed by atoms with E-state index in [1.165, 1.54) is 18.1 Å². The number of esters is 2. The van der Waals surface area contributed by atoms with E-state index in [1.807, 2.05) is 13.2 Å². The first-order valence-corrected chi connectivity index (χ1v) is 9.74. The van der Waals surface area contributed by atoms with Crippen molar-refractivity contribution >= 4 is 11.9 Å². The van der Waals surface area contributed by atoms with Gasteiger partial charge in [-0.2, -0.15) is 0 Å². The number of fused-ring (bicyclic) bond motifs is 2. The lowest BCUT2D eigenvalue weighted by Gasteiger charge is -2.53. The molecule has 5 heteroatoms. The van der Waals surface area contributed by atoms with Crippen molar-refractivity contribution in [2.24, 2.45) is 17.3 Å². The van der Waals surface area contributed by atoms with Crippen LogP contribution < -0.4 is 0 Å². The molecule has 1 aromatic heterocycles. The maximum Gasteiger partial charge on any atom is 0.333 e. The first kappa shape index (κ1) is 19.7. The Morgan fingerprint density at radius 1 is 1.30 bits per heavy atom. The van der Waals surface area contributed by atoms with Crippen LogP contribution in [0.1, 0.15) is 57.9 Å². The Balaban J connectivity index is 1.93. The highest BCUT2D eigenvalue weighted by Crippen LogP contribution is 2.54. The minimum Gasteiger partial charge on any atom is -0.469 e. The van der Waals surface area contributed by atoms with Gasteiger partial charge in [0.15, 0.2) is 0 Å². The van der Waals surface area contributed by atoms with Crippen molar-refractivity contribution in [3.8, 4) is 0 Å². The third kappa shape index (κ3) is 3.44. The molecule has 3 rings (SSSR count). The predicted molar refractivity (Wildman–Crippen MR) is 101 cm³/mol. The second-order valence-electron chi connectivity index (χ2n) is 8.42. The summed E-state index contributed by atoms with van der Waals surface area (Å²) in [6.07, 6.45) is 5.06. The summed E-state index contributed by atoms with van der Waals surface area (Å²) >= 11 is 0. The van der Waals surface area contributed by atoms with Crippen molar-refractivity contribution < 1.29 is 23.5 Å². The van der Waals surface area contributed by atoms with Crippen LogP contribution in [0, 0.1) is 24.2 Å². The van der Waals surface area contributed by atoms with Crippen LogP contribution in [0.25, 0.3) is 0 Å². The number of furan rings is 1. The molecular formula is C22H30O5. The molecule has 27 heavy (non-hydrogen) atoms. The van der Waals surface area contributed by atoms with Crippen LogP contribution in [0.15, 0.2) is 22.3 Å². The molecule has 0 radical (unpaired) electrons. The molecule has 1 aromatic rings. The molecule has 0 aromatic carbocycles. The molecule has 5 atom stereocenters. The van der Waals surface area contributed by atoms with Crippen molar-refractivity contribution in [2.45, 2.75) is 73.0 Å². The minimum atomic E-state index is -0.443. The normalized spacial score (nSPS) is 33.0. The fourth-order valence-corrected chi connectivity index (χ4v) is 4.74. The van der Waals surface area contributed by atoms with Crippen LogP contribution in [-0.4, -0.2) is 24.1 Å². The highest BCUT2D eigenvalue weighted by Gasteiger charge is 2.55. The highest BCUT2D eigenvalue weighted by atomic mass is 16.6. The molecule has 0 saturated heterocycles. The second-order valence-corrected chi connectivity index (χ2v) is 8.42. The first-order chi connectivity index (χ1) is 12.7. The van der Waals surface area contributed by atoms with Crippen molar-refractivity contribution in [1.82, 2.24) is 0 Å². The lowest BCUT2D eigenvalue weighted by molar-refractivity contribution is -0.189. The number of hydrogen-bond acceptors (Lipinski definition) is 5. The van der Waals surface area contributed by atoms with Gasteiger partial charge in [-0.05, 0) is 56.1 Å². The summed E-state index contributed by atoms with van der Waals surface area (Å²) in [5, 5.41) is 0. The molecule has 5 unspecified atom stereocenters. The van der Waals surface area contributed by atoms with E-state index >= 15 is 0 Å². The third-order valence-corrected chi connectivity index (χ3v) is 6.84. The number of rotatable bonds is 3. The molecule has 5 nitrogen and oxygen atoms in total. The molecule has 2 aliphatic rings. The third-order valence-electron chi connectivity index (χ3n) is 6.84. The highest BCUT2D eigenvalue weighted by molar-refractivity contribution is 5.87. The summed E-state index contributed by atoms with van der Waals surface area (Å²) < 4.78 is 17.3. The Bertz CT molecular complexity index is 774. The predicted octanol–water partition coefficient (Wildman–Crippen LogP) is 4.16. The smallest absolute Gasteiger partial charge is 0.333 e. The van der Waals surface area contributed by atoms with Gasteiger partial charge in [-0.25, -0.2) is 4.79 Å². The Labute approximate surface area is 161 Å². The van der Waals surface area contributed by atoms with Gasteiger partial charge in [0, 0.05) is 24.8 Å². The molecule has 148 valence electrons. The quantitative estimate of drug-likeness (QED) is 0.587. The minimum absolute atomic E-state index is 0.0414. The molecule has 0 N–H and O–H groups in total. The number of hydrogen-bond donors (Lipinski definition) is 0. The summed E-state index contributed by atoms with van der Waals surface area (Å²) in [6, 6.07) is 0. The Morgan fingerprint density at radius 3 is 2.63 bits per heavy atom. The van der Waals surface area contributed by atoms with Crippen LogP contribution >= 0.6 is 0 Å². The van der Waals surface area contributed by atoms with Crippen LogP contribution in [-0.2, 0) is 31.9 Å². The summed E-state index contributed by atoms with van der Waals surface area (Å²) in [6.45, 7) is 11.4. The lowest BCUT2D eigenvalue weighted by Crippen LogP contribution is -2.56. The number of ether oxygens (including phenoxy) is 2. The van der Waals surface area contributed by atoms with Crippen molar-refractivity contribution in [2.75, 3.05) is 0 Å². The molecule has 1 saturated carbocycles. The maximum absolute atomic E-state index is 12.4. The maximum atomic E-state index is 12.4. The van der Waals surface area contributed by atoms with Gasteiger partial charge in [0.1, 0.15) is 18.0 Å². The Kier molecular flexibility index (Phi) is 5.24. The van der Waals surface area contributed by atoms with Gasteiger partial charge in [0.05, 0.1) is 6.26 Å². The number of aryl methyl sites for hydroxylation is 1. The van der Waals surface area contributed by atoms with Crippen LogP contribution in [0.2, 0.25) is 0 Å². The van der Waals surface area contributed by atoms with Gasteiger partial charge in [0.2, 0.25) is 0 Å². The van der Waals surface area contributed by atoms with Crippen molar-refractivity contribution in [3.63, 3.8) is 0 Å². The van der Waals surface area contributed by atoms with Crippen LogP contribution in [0.3, 0.4) is 0 Å². The lowest BCUT2D eigenvalue weighted by atomic mass is 9.54. The summed E-state index contributed by atoms with van der Waals surface area (Å²) in [5.74, 6) is 0.727. The topological polar surface area (TPSA) is 65.7 Å². The molecule has 0 spiro atoms. The number of carbonyl (C=O) groups excluding carboxylic acids is 2. The first-order valence-electron chi connectivity index (χ1n) is 9.74. The average Bonchev–Trinajstić information content (AvgIpc) is 2.96. The SMILES string of the molecule is CC=C(C)C(=O)OC1CC2Cc3occ(C)c3CC2(C)C(C)C1OC(C)=O. The van der Waals surface area contributed by atoms with Gasteiger partial charge < -0.3 is 13.9 Å². The van der Waals surface area contributed by atoms with E-state index < -0.39 is 12.2 Å². The van der Waals surface area contributed by atoms with Gasteiger partial charge in [-0.3, -0.25) is 4.79 Å². The van der Waals surface area contributed by atoms with Gasteiger partial charge in [-0.15, -0.1) is 0 Å². The second kappa shape index (κ2) is 7.17. The molecule has 1 heterocycles. The summed E-state index contributed by atoms with van der Waals surface area (Å²) in [5.41, 5.74) is 2.98. The molecule has 1 fully saturated rings. The molecule has 2 aliphatic carbocycles. The Hall–Kier alpha value is -2.04. The Morgan fingerprint density at radius 2 is 2.00 bits per heavy atom. The summed E-state index contributed by atoms with van der Waals surface area (Å²) in [7, 11) is 0. The van der Waals surface area contributed by atoms with E-state index in [1.54, 1.807) is 13.0 Å². The standard InChI is InChI=1S/C22H30O5/c1-7-12(2)21(24)27-19-9-16-8-18-17(13(3)11-25-18)10-22(16,6)14(4)20(19)26-15(5)23/h7,11,14,16,19-20H,8-10H2,1-6H3. The fourth-order valence-electron chi connectivity index (χ4n) is 4.74. The zero-order chi connectivity index (χ0) is 19.9. The van der Waals surface area contributed by atoms with E-state index in [0.717, 1.165) is 18.6 Å². The van der Waals surface area contributed by atoms with Gasteiger partial charge in [-0.1, -0.05) is 19.9 Å². The van der Waals surface area contributed by atoms with E-state index in [-0.39, 0.29) is 23.3 Å². The van der Waals surface area contributed by atoms with Crippen LogP contribution in [0.4, 0.5) is 0 Å². The monoisotopic (exact) mass is 374 g/mol. The number of carbonyl (C=O) groups is 2. The van der Waals surface area contributed by atoms with Crippen LogP contribution in [0.5, 0.6) is 0 Å². The summed E-state index contributed by atoms with van der Waals surface area (Å²) in [4.78, 5) is 24.1. The molecular weight excluding hydrogens is 344 g/mol. The zero-order valence-electron chi connectivity index (χ0n) is 17.1. The zero-order valence-corrected chi connectivity index (χ0v) is 17.1. The van der Waals surface area contributed by atoms with E-state index in [2.05, 4.69) is 20.8 Å². The largest absolute Gasteiger partial charge is 0.469 e. The van der Waals surface area contributed by atoms with Crippen molar-refractivity contribution in [1.29, 1.82) is 0 Å². The van der Waals surface area contributed by atoms with E-state index in [4.69, 9.17) is 13.9 Å².